The minimum atomic E-state index is -0.613. The average Bonchev–Trinajstić information content (AvgIpc) is 2.94. The van der Waals surface area contributed by atoms with Crippen LogP contribution in [0.3, 0.4) is 0 Å². The topological polar surface area (TPSA) is 107 Å². The third-order valence-electron chi connectivity index (χ3n) is 4.55. The maximum absolute atomic E-state index is 12.8. The number of phenols is 2. The Morgan fingerprint density at radius 3 is 2.29 bits per heavy atom. The molecular weight excluding hydrogens is 310 g/mol. The summed E-state index contributed by atoms with van der Waals surface area (Å²) in [4.78, 5) is 28.6. The van der Waals surface area contributed by atoms with Crippen LogP contribution in [-0.2, 0) is 4.79 Å². The molecule has 2 atom stereocenters. The summed E-state index contributed by atoms with van der Waals surface area (Å²) in [5, 5.41) is 19.7. The van der Waals surface area contributed by atoms with Crippen molar-refractivity contribution in [1.29, 1.82) is 0 Å². The highest BCUT2D eigenvalue weighted by Gasteiger charge is 2.40. The molecule has 2 rings (SSSR count). The number of hydrogen-bond donors (Lipinski definition) is 3. The van der Waals surface area contributed by atoms with E-state index in [1.165, 1.54) is 17.0 Å². The van der Waals surface area contributed by atoms with Crippen LogP contribution in [0.15, 0.2) is 12.1 Å². The van der Waals surface area contributed by atoms with Gasteiger partial charge in [-0.05, 0) is 39.3 Å². The van der Waals surface area contributed by atoms with Gasteiger partial charge in [-0.15, -0.1) is 0 Å². The predicted molar refractivity (Wildman–Crippen MR) is 89.9 cm³/mol. The lowest BCUT2D eigenvalue weighted by molar-refractivity contribution is -0.134. The standard InChI is InChI=1S/C17H25N3O4/c1-4-19(5-2)17(24)13-8-12(18)9-20(13)16(23)11-6-14(21)10(3)15(22)7-11/h6-7,12-13,21-22H,4-5,8-9,18H2,1-3H3/t12-,13-/m0/s1. The predicted octanol–water partition coefficient (Wildman–Crippen LogP) is 0.816. The first-order valence-electron chi connectivity index (χ1n) is 8.18. The molecular formula is C17H25N3O4. The average molecular weight is 335 g/mol. The molecule has 7 nitrogen and oxygen atoms in total. The van der Waals surface area contributed by atoms with E-state index in [9.17, 15) is 19.8 Å². The monoisotopic (exact) mass is 335 g/mol. The molecule has 7 heteroatoms. The number of amides is 2. The normalized spacial score (nSPS) is 20.2. The van der Waals surface area contributed by atoms with Crippen molar-refractivity contribution in [3.63, 3.8) is 0 Å². The van der Waals surface area contributed by atoms with Gasteiger partial charge in [-0.3, -0.25) is 9.59 Å². The molecule has 1 aromatic carbocycles. The molecule has 132 valence electrons. The summed E-state index contributed by atoms with van der Waals surface area (Å²) in [5.41, 5.74) is 6.42. The summed E-state index contributed by atoms with van der Waals surface area (Å²) < 4.78 is 0. The molecule has 0 unspecified atom stereocenters. The van der Waals surface area contributed by atoms with Crippen molar-refractivity contribution in [2.45, 2.75) is 39.3 Å². The Hall–Kier alpha value is -2.28. The van der Waals surface area contributed by atoms with Gasteiger partial charge in [0.25, 0.3) is 5.91 Å². The molecule has 0 spiro atoms. The van der Waals surface area contributed by atoms with E-state index in [2.05, 4.69) is 0 Å². The summed E-state index contributed by atoms with van der Waals surface area (Å²) in [6.07, 6.45) is 0.408. The molecule has 0 aromatic heterocycles. The second kappa shape index (κ2) is 7.09. The van der Waals surface area contributed by atoms with Crippen molar-refractivity contribution < 1.29 is 19.8 Å². The third-order valence-corrected chi connectivity index (χ3v) is 4.55. The van der Waals surface area contributed by atoms with Gasteiger partial charge in [0.05, 0.1) is 0 Å². The van der Waals surface area contributed by atoms with E-state index in [1.807, 2.05) is 13.8 Å². The van der Waals surface area contributed by atoms with E-state index in [0.29, 0.717) is 25.1 Å². The molecule has 2 amide bonds. The fraction of sp³-hybridized carbons (Fsp3) is 0.529. The van der Waals surface area contributed by atoms with Crippen LogP contribution in [0.4, 0.5) is 0 Å². The van der Waals surface area contributed by atoms with Crippen LogP contribution in [0.1, 0.15) is 36.2 Å². The molecule has 1 fully saturated rings. The minimum Gasteiger partial charge on any atom is -0.508 e. The van der Waals surface area contributed by atoms with Crippen LogP contribution in [0.5, 0.6) is 11.5 Å². The second-order valence-corrected chi connectivity index (χ2v) is 6.12. The first kappa shape index (κ1) is 18.1. The number of likely N-dealkylation sites (N-methyl/N-ethyl adjacent to an activating group) is 1. The molecule has 1 aliphatic heterocycles. The number of hydrogen-bond acceptors (Lipinski definition) is 5. The quantitative estimate of drug-likeness (QED) is 0.755. The van der Waals surface area contributed by atoms with Gasteiger partial charge >= 0.3 is 0 Å². The molecule has 0 saturated carbocycles. The van der Waals surface area contributed by atoms with Crippen LogP contribution < -0.4 is 5.73 Å². The van der Waals surface area contributed by atoms with E-state index in [1.54, 1.807) is 11.8 Å². The zero-order valence-corrected chi connectivity index (χ0v) is 14.3. The van der Waals surface area contributed by atoms with Gasteiger partial charge in [-0.1, -0.05) is 0 Å². The molecule has 1 aromatic rings. The van der Waals surface area contributed by atoms with Gasteiger partial charge in [-0.2, -0.15) is 0 Å². The van der Waals surface area contributed by atoms with E-state index in [-0.39, 0.29) is 35.6 Å². The molecule has 0 aliphatic carbocycles. The van der Waals surface area contributed by atoms with Crippen LogP contribution in [0.25, 0.3) is 0 Å². The fourth-order valence-corrected chi connectivity index (χ4v) is 3.05. The lowest BCUT2D eigenvalue weighted by atomic mass is 10.1. The first-order chi connectivity index (χ1) is 11.3. The molecule has 1 saturated heterocycles. The Labute approximate surface area is 141 Å². The highest BCUT2D eigenvalue weighted by molar-refractivity contribution is 5.98. The first-order valence-corrected chi connectivity index (χ1v) is 8.18. The lowest BCUT2D eigenvalue weighted by Crippen LogP contribution is -2.47. The molecule has 24 heavy (non-hydrogen) atoms. The molecule has 1 heterocycles. The minimum absolute atomic E-state index is 0.123. The van der Waals surface area contributed by atoms with Crippen molar-refractivity contribution in [1.82, 2.24) is 9.80 Å². The zero-order valence-electron chi connectivity index (χ0n) is 14.3. The third kappa shape index (κ3) is 3.31. The molecule has 0 radical (unpaired) electrons. The van der Waals surface area contributed by atoms with Gasteiger partial charge in [0.2, 0.25) is 5.91 Å². The highest BCUT2D eigenvalue weighted by atomic mass is 16.3. The Kier molecular flexibility index (Phi) is 5.33. The molecule has 0 bridgehead atoms. The van der Waals surface area contributed by atoms with E-state index < -0.39 is 11.9 Å². The SMILES string of the molecule is CCN(CC)C(=O)[C@@H]1C[C@H](N)CN1C(=O)c1cc(O)c(C)c(O)c1. The zero-order chi connectivity index (χ0) is 18.0. The van der Waals surface area contributed by atoms with Crippen molar-refractivity contribution in [2.24, 2.45) is 5.73 Å². The number of benzene rings is 1. The summed E-state index contributed by atoms with van der Waals surface area (Å²) in [5.74, 6) is -0.858. The smallest absolute Gasteiger partial charge is 0.254 e. The van der Waals surface area contributed by atoms with Crippen molar-refractivity contribution in [3.05, 3.63) is 23.3 Å². The van der Waals surface area contributed by atoms with Crippen molar-refractivity contribution in [3.8, 4) is 11.5 Å². The number of rotatable bonds is 4. The van der Waals surface area contributed by atoms with Crippen LogP contribution in [0.2, 0.25) is 0 Å². The number of aromatic hydroxyl groups is 2. The van der Waals surface area contributed by atoms with Gasteiger partial charge in [0.15, 0.2) is 0 Å². The number of nitrogens with two attached hydrogens (primary N) is 1. The lowest BCUT2D eigenvalue weighted by Gasteiger charge is -2.29. The summed E-state index contributed by atoms with van der Waals surface area (Å²) in [6.45, 7) is 6.73. The fourth-order valence-electron chi connectivity index (χ4n) is 3.05. The van der Waals surface area contributed by atoms with Crippen molar-refractivity contribution >= 4 is 11.8 Å². The van der Waals surface area contributed by atoms with Crippen LogP contribution in [-0.4, -0.2) is 63.5 Å². The highest BCUT2D eigenvalue weighted by Crippen LogP contribution is 2.30. The number of nitrogens with zero attached hydrogens (tertiary/aromatic N) is 2. The second-order valence-electron chi connectivity index (χ2n) is 6.12. The van der Waals surface area contributed by atoms with E-state index in [4.69, 9.17) is 5.73 Å². The van der Waals surface area contributed by atoms with Crippen LogP contribution >= 0.6 is 0 Å². The Morgan fingerprint density at radius 1 is 1.25 bits per heavy atom. The van der Waals surface area contributed by atoms with Gasteiger partial charge < -0.3 is 25.7 Å². The van der Waals surface area contributed by atoms with Gasteiger partial charge in [0, 0.05) is 36.8 Å². The van der Waals surface area contributed by atoms with Crippen molar-refractivity contribution in [2.75, 3.05) is 19.6 Å². The summed E-state index contributed by atoms with van der Waals surface area (Å²) in [7, 11) is 0. The molecule has 1 aliphatic rings. The summed E-state index contributed by atoms with van der Waals surface area (Å²) >= 11 is 0. The number of carbonyl (C=O) groups is 2. The van der Waals surface area contributed by atoms with Gasteiger partial charge in [0.1, 0.15) is 17.5 Å². The Balaban J connectivity index is 2.31. The van der Waals surface area contributed by atoms with E-state index >= 15 is 0 Å². The van der Waals surface area contributed by atoms with Gasteiger partial charge in [-0.25, -0.2) is 0 Å². The molecule has 4 N–H and O–H groups in total. The Bertz CT molecular complexity index is 620. The maximum Gasteiger partial charge on any atom is 0.254 e. The maximum atomic E-state index is 12.8. The number of phenolic OH excluding ortho intramolecular Hbond substituents is 2. The summed E-state index contributed by atoms with van der Waals surface area (Å²) in [6, 6.07) is 1.73. The van der Waals surface area contributed by atoms with Crippen LogP contribution in [0, 0.1) is 6.92 Å². The largest absolute Gasteiger partial charge is 0.508 e. The van der Waals surface area contributed by atoms with E-state index in [0.717, 1.165) is 0 Å². The number of likely N-dealkylation sites (tertiary alicyclic amines) is 1. The Morgan fingerprint density at radius 2 is 1.79 bits per heavy atom. The number of carbonyl (C=O) groups excluding carboxylic acids is 2.